The fraction of sp³-hybridized carbons (Fsp3) is 0.429. The number of rotatable bonds is 2. The summed E-state index contributed by atoms with van der Waals surface area (Å²) in [5, 5.41) is 0. The predicted molar refractivity (Wildman–Crippen MR) is 64.8 cm³/mol. The molecule has 0 fully saturated rings. The quantitative estimate of drug-likeness (QED) is 0.731. The van der Waals surface area contributed by atoms with Gasteiger partial charge in [-0.25, -0.2) is 0 Å². The number of hydrogen-bond donors (Lipinski definition) is 1. The van der Waals surface area contributed by atoms with Gasteiger partial charge < -0.3 is 5.73 Å². The number of benzene rings is 1. The van der Waals surface area contributed by atoms with Crippen LogP contribution in [-0.4, -0.2) is 6.04 Å². The minimum Gasteiger partial charge on any atom is -0.327 e. The lowest BCUT2D eigenvalue weighted by Crippen LogP contribution is -2.22. The summed E-state index contributed by atoms with van der Waals surface area (Å²) in [6.45, 7) is 2.18. The normalized spacial score (nSPS) is 21.2. The Bertz CT molecular complexity index is 365. The van der Waals surface area contributed by atoms with Crippen molar-refractivity contribution >= 4 is 0 Å². The van der Waals surface area contributed by atoms with Crippen LogP contribution in [0.15, 0.2) is 35.9 Å². The van der Waals surface area contributed by atoms with Crippen LogP contribution >= 0.6 is 0 Å². The molecule has 0 heterocycles. The molecule has 0 saturated heterocycles. The molecule has 1 atom stereocenters. The van der Waals surface area contributed by atoms with Gasteiger partial charge in [-0.3, -0.25) is 0 Å². The molecule has 0 bridgehead atoms. The lowest BCUT2D eigenvalue weighted by atomic mass is 9.90. The third-order valence-electron chi connectivity index (χ3n) is 3.22. The van der Waals surface area contributed by atoms with Crippen molar-refractivity contribution in [1.82, 2.24) is 0 Å². The molecule has 0 spiro atoms. The highest BCUT2D eigenvalue weighted by atomic mass is 14.6. The van der Waals surface area contributed by atoms with E-state index in [1.807, 2.05) is 0 Å². The van der Waals surface area contributed by atoms with E-state index < -0.39 is 0 Å². The van der Waals surface area contributed by atoms with Gasteiger partial charge in [-0.05, 0) is 43.7 Å². The van der Waals surface area contributed by atoms with Gasteiger partial charge in [0, 0.05) is 6.04 Å². The van der Waals surface area contributed by atoms with Crippen molar-refractivity contribution in [2.45, 2.75) is 38.6 Å². The summed E-state index contributed by atoms with van der Waals surface area (Å²) in [5.74, 6) is 0. The monoisotopic (exact) mass is 201 g/mol. The van der Waals surface area contributed by atoms with Crippen LogP contribution in [0.4, 0.5) is 0 Å². The molecule has 80 valence electrons. The zero-order valence-corrected chi connectivity index (χ0v) is 9.37. The fourth-order valence-corrected chi connectivity index (χ4v) is 2.12. The fourth-order valence-electron chi connectivity index (χ4n) is 2.12. The van der Waals surface area contributed by atoms with E-state index in [0.29, 0.717) is 6.04 Å². The molecular weight excluding hydrogens is 182 g/mol. The number of hydrogen-bond acceptors (Lipinski definition) is 1. The van der Waals surface area contributed by atoms with Gasteiger partial charge in [-0.15, -0.1) is 0 Å². The highest BCUT2D eigenvalue weighted by Crippen LogP contribution is 2.22. The Kier molecular flexibility index (Phi) is 3.22. The van der Waals surface area contributed by atoms with Crippen molar-refractivity contribution in [1.29, 1.82) is 0 Å². The van der Waals surface area contributed by atoms with E-state index in [0.717, 1.165) is 19.3 Å². The molecule has 1 aromatic carbocycles. The van der Waals surface area contributed by atoms with Crippen LogP contribution in [-0.2, 0) is 6.42 Å². The van der Waals surface area contributed by atoms with Gasteiger partial charge in [0.25, 0.3) is 0 Å². The standard InChI is InChI=1S/C14H19N/c1-11-4-2-3-5-13(11)10-12-6-8-14(15)9-7-12/h2-6,14H,7-10,15H2,1H3. The molecule has 1 unspecified atom stereocenters. The Hall–Kier alpha value is -1.08. The van der Waals surface area contributed by atoms with Gasteiger partial charge >= 0.3 is 0 Å². The lowest BCUT2D eigenvalue weighted by molar-refractivity contribution is 0.583. The van der Waals surface area contributed by atoms with Gasteiger partial charge in [-0.2, -0.15) is 0 Å². The van der Waals surface area contributed by atoms with Gasteiger partial charge in [0.05, 0.1) is 0 Å². The zero-order valence-electron chi connectivity index (χ0n) is 9.37. The first-order valence-corrected chi connectivity index (χ1v) is 5.73. The number of aryl methyl sites for hydroxylation is 1. The van der Waals surface area contributed by atoms with Crippen LogP contribution in [0.1, 0.15) is 30.4 Å². The van der Waals surface area contributed by atoms with Crippen molar-refractivity contribution < 1.29 is 0 Å². The SMILES string of the molecule is Cc1ccccc1CC1=CCC(N)CC1. The second-order valence-electron chi connectivity index (χ2n) is 4.50. The number of nitrogens with two attached hydrogens (primary N) is 1. The van der Waals surface area contributed by atoms with Crippen molar-refractivity contribution in [2.24, 2.45) is 5.73 Å². The van der Waals surface area contributed by atoms with Gasteiger partial charge in [0.2, 0.25) is 0 Å². The highest BCUT2D eigenvalue weighted by molar-refractivity contribution is 5.30. The first-order valence-electron chi connectivity index (χ1n) is 5.73. The molecule has 1 aliphatic carbocycles. The Labute approximate surface area is 92.0 Å². The molecule has 0 radical (unpaired) electrons. The molecule has 15 heavy (non-hydrogen) atoms. The topological polar surface area (TPSA) is 26.0 Å². The molecule has 2 N–H and O–H groups in total. The third-order valence-corrected chi connectivity index (χ3v) is 3.22. The largest absolute Gasteiger partial charge is 0.327 e. The summed E-state index contributed by atoms with van der Waals surface area (Å²) in [6.07, 6.45) is 6.83. The van der Waals surface area contributed by atoms with Crippen LogP contribution in [0, 0.1) is 6.92 Å². The summed E-state index contributed by atoms with van der Waals surface area (Å²) >= 11 is 0. The summed E-state index contributed by atoms with van der Waals surface area (Å²) in [5.41, 5.74) is 10.3. The van der Waals surface area contributed by atoms with Gasteiger partial charge in [0.1, 0.15) is 0 Å². The smallest absolute Gasteiger partial charge is 0.00765 e. The van der Waals surface area contributed by atoms with Crippen LogP contribution in [0.2, 0.25) is 0 Å². The summed E-state index contributed by atoms with van der Waals surface area (Å²) in [6, 6.07) is 9.03. The average molecular weight is 201 g/mol. The summed E-state index contributed by atoms with van der Waals surface area (Å²) in [7, 11) is 0. The van der Waals surface area contributed by atoms with E-state index in [4.69, 9.17) is 5.73 Å². The molecule has 0 aromatic heterocycles. The second kappa shape index (κ2) is 4.63. The van der Waals surface area contributed by atoms with Crippen molar-refractivity contribution in [3.8, 4) is 0 Å². The Morgan fingerprint density at radius 1 is 1.33 bits per heavy atom. The van der Waals surface area contributed by atoms with E-state index in [-0.39, 0.29) is 0 Å². The molecule has 1 heteroatoms. The van der Waals surface area contributed by atoms with Crippen molar-refractivity contribution in [3.63, 3.8) is 0 Å². The average Bonchev–Trinajstić information content (AvgIpc) is 2.25. The van der Waals surface area contributed by atoms with Crippen LogP contribution in [0.25, 0.3) is 0 Å². The van der Waals surface area contributed by atoms with Crippen LogP contribution in [0.5, 0.6) is 0 Å². The van der Waals surface area contributed by atoms with Crippen LogP contribution in [0.3, 0.4) is 0 Å². The second-order valence-corrected chi connectivity index (χ2v) is 4.50. The molecule has 1 aromatic rings. The van der Waals surface area contributed by atoms with E-state index >= 15 is 0 Å². The number of allylic oxidation sites excluding steroid dienone is 1. The molecule has 2 rings (SSSR count). The first kappa shape index (κ1) is 10.4. The first-order chi connectivity index (χ1) is 7.25. The third kappa shape index (κ3) is 2.69. The molecule has 0 aliphatic heterocycles. The molecule has 1 aliphatic rings. The summed E-state index contributed by atoms with van der Waals surface area (Å²) in [4.78, 5) is 0. The maximum Gasteiger partial charge on any atom is 0.00765 e. The minimum atomic E-state index is 0.394. The summed E-state index contributed by atoms with van der Waals surface area (Å²) < 4.78 is 0. The van der Waals surface area contributed by atoms with Crippen molar-refractivity contribution in [2.75, 3.05) is 0 Å². The minimum absolute atomic E-state index is 0.394. The molecule has 0 saturated carbocycles. The molecular formula is C14H19N. The Morgan fingerprint density at radius 3 is 2.80 bits per heavy atom. The maximum absolute atomic E-state index is 5.88. The van der Waals surface area contributed by atoms with E-state index in [1.165, 1.54) is 17.5 Å². The molecule has 1 nitrogen and oxygen atoms in total. The van der Waals surface area contributed by atoms with Gasteiger partial charge in [-0.1, -0.05) is 35.9 Å². The van der Waals surface area contributed by atoms with E-state index in [9.17, 15) is 0 Å². The van der Waals surface area contributed by atoms with E-state index in [2.05, 4.69) is 37.3 Å². The van der Waals surface area contributed by atoms with Gasteiger partial charge in [0.15, 0.2) is 0 Å². The maximum atomic E-state index is 5.88. The van der Waals surface area contributed by atoms with Crippen molar-refractivity contribution in [3.05, 3.63) is 47.0 Å². The highest BCUT2D eigenvalue weighted by Gasteiger charge is 2.10. The predicted octanol–water partition coefficient (Wildman–Crippen LogP) is 2.98. The zero-order chi connectivity index (χ0) is 10.7. The van der Waals surface area contributed by atoms with Crippen LogP contribution < -0.4 is 5.73 Å². The Balaban J connectivity index is 2.06. The lowest BCUT2D eigenvalue weighted by Gasteiger charge is -2.18. The molecule has 0 amide bonds. The Morgan fingerprint density at radius 2 is 2.13 bits per heavy atom. The van der Waals surface area contributed by atoms with E-state index in [1.54, 1.807) is 5.57 Å².